The maximum absolute atomic E-state index is 13.3. The highest BCUT2D eigenvalue weighted by Crippen LogP contribution is 2.53. The number of aliphatic hydroxyl groups excluding tert-OH is 1. The first-order valence-electron chi connectivity index (χ1n) is 11.2. The van der Waals surface area contributed by atoms with Gasteiger partial charge in [-0.1, -0.05) is 42.3 Å². The van der Waals surface area contributed by atoms with Crippen molar-refractivity contribution in [3.05, 3.63) is 88.5 Å². The molecule has 4 heteroatoms. The Balaban J connectivity index is 1.43. The molecule has 3 nitrogen and oxygen atoms in total. The molecule has 3 aromatic rings. The Morgan fingerprint density at radius 1 is 1.16 bits per heavy atom. The van der Waals surface area contributed by atoms with Crippen molar-refractivity contribution >= 4 is 6.08 Å². The van der Waals surface area contributed by atoms with Crippen LogP contribution in [0.1, 0.15) is 61.1 Å². The predicted octanol–water partition coefficient (Wildman–Crippen LogP) is 6.19. The molecule has 2 aliphatic rings. The van der Waals surface area contributed by atoms with Crippen molar-refractivity contribution in [2.45, 2.75) is 52.1 Å². The summed E-state index contributed by atoms with van der Waals surface area (Å²) in [5, 5.41) is 15.6. The molecule has 0 bridgehead atoms. The van der Waals surface area contributed by atoms with Crippen LogP contribution in [0.15, 0.2) is 60.3 Å². The Hall–Kier alpha value is -2.72. The number of aliphatic hydroxyl groups is 1. The second-order valence-electron chi connectivity index (χ2n) is 9.46. The van der Waals surface area contributed by atoms with E-state index in [0.29, 0.717) is 12.3 Å². The van der Waals surface area contributed by atoms with Gasteiger partial charge in [0.2, 0.25) is 0 Å². The molecule has 1 saturated carbocycles. The van der Waals surface area contributed by atoms with E-state index in [1.165, 1.54) is 34.5 Å². The quantitative estimate of drug-likeness (QED) is 0.551. The summed E-state index contributed by atoms with van der Waals surface area (Å²) in [6, 6.07) is 14.7. The van der Waals surface area contributed by atoms with Crippen molar-refractivity contribution in [2.75, 3.05) is 0 Å². The van der Waals surface area contributed by atoms with E-state index >= 15 is 0 Å². The molecule has 0 radical (unpaired) electrons. The largest absolute Gasteiger partial charge is 0.388 e. The van der Waals surface area contributed by atoms with Gasteiger partial charge in [0.1, 0.15) is 5.82 Å². The molecule has 0 aliphatic heterocycles. The number of aryl methyl sites for hydroxylation is 1. The van der Waals surface area contributed by atoms with Gasteiger partial charge >= 0.3 is 0 Å². The van der Waals surface area contributed by atoms with Crippen molar-refractivity contribution in [3.63, 3.8) is 0 Å². The highest BCUT2D eigenvalue weighted by atomic mass is 19.1. The lowest BCUT2D eigenvalue weighted by Crippen LogP contribution is -2.38. The molecule has 1 fully saturated rings. The van der Waals surface area contributed by atoms with Crippen molar-refractivity contribution < 1.29 is 9.50 Å². The third kappa shape index (κ3) is 3.63. The van der Waals surface area contributed by atoms with Gasteiger partial charge in [0.05, 0.1) is 23.7 Å². The van der Waals surface area contributed by atoms with E-state index in [1.54, 1.807) is 12.1 Å². The van der Waals surface area contributed by atoms with E-state index in [0.717, 1.165) is 36.9 Å². The minimum atomic E-state index is -0.571. The summed E-state index contributed by atoms with van der Waals surface area (Å²) in [7, 11) is 0. The average molecular weight is 417 g/mol. The van der Waals surface area contributed by atoms with Crippen LogP contribution in [0.2, 0.25) is 0 Å². The predicted molar refractivity (Wildman–Crippen MR) is 121 cm³/mol. The Labute approximate surface area is 183 Å². The van der Waals surface area contributed by atoms with Crippen molar-refractivity contribution in [2.24, 2.45) is 11.3 Å². The highest BCUT2D eigenvalue weighted by molar-refractivity contribution is 5.61. The molecule has 2 aliphatic carbocycles. The third-order valence-corrected chi connectivity index (χ3v) is 7.43. The Morgan fingerprint density at radius 3 is 2.65 bits per heavy atom. The third-order valence-electron chi connectivity index (χ3n) is 7.43. The zero-order chi connectivity index (χ0) is 21.6. The lowest BCUT2D eigenvalue weighted by Gasteiger charge is -2.46. The molecule has 2 aromatic carbocycles. The first-order chi connectivity index (χ1) is 14.9. The smallest absolute Gasteiger partial charge is 0.123 e. The molecule has 31 heavy (non-hydrogen) atoms. The molecule has 160 valence electrons. The molecular formula is C27H29FN2O. The van der Waals surface area contributed by atoms with Gasteiger partial charge in [-0.2, -0.15) is 5.10 Å². The summed E-state index contributed by atoms with van der Waals surface area (Å²) in [6.45, 7) is 4.45. The molecule has 1 N–H and O–H groups in total. The van der Waals surface area contributed by atoms with Crippen LogP contribution in [0, 0.1) is 24.1 Å². The number of hydrogen-bond donors (Lipinski definition) is 1. The first-order valence-corrected chi connectivity index (χ1v) is 11.2. The minimum absolute atomic E-state index is 0.0212. The maximum Gasteiger partial charge on any atom is 0.123 e. The SMILES string of the molecule is Cc1ccc(-n2ncc3c2C=C2CCC[C@H](C[C@@H](O)c4ccc(F)cc4)C2(C)C3)cc1. The van der Waals surface area contributed by atoms with Gasteiger partial charge < -0.3 is 5.11 Å². The number of fused-ring (bicyclic) bond motifs is 2. The number of aromatic nitrogens is 2. The van der Waals surface area contributed by atoms with Crippen LogP contribution in [0.3, 0.4) is 0 Å². The lowest BCUT2D eigenvalue weighted by atomic mass is 9.58. The van der Waals surface area contributed by atoms with Crippen LogP contribution in [0.4, 0.5) is 4.39 Å². The van der Waals surface area contributed by atoms with Crippen molar-refractivity contribution in [1.29, 1.82) is 0 Å². The monoisotopic (exact) mass is 416 g/mol. The van der Waals surface area contributed by atoms with Gasteiger partial charge in [-0.25, -0.2) is 9.07 Å². The number of benzene rings is 2. The number of rotatable bonds is 4. The second-order valence-corrected chi connectivity index (χ2v) is 9.46. The Morgan fingerprint density at radius 2 is 1.90 bits per heavy atom. The van der Waals surface area contributed by atoms with E-state index in [1.807, 2.05) is 6.20 Å². The van der Waals surface area contributed by atoms with Crippen LogP contribution in [-0.2, 0) is 6.42 Å². The maximum atomic E-state index is 13.3. The van der Waals surface area contributed by atoms with Gasteiger partial charge in [-0.15, -0.1) is 0 Å². The van der Waals surface area contributed by atoms with Gasteiger partial charge in [0.15, 0.2) is 0 Å². The van der Waals surface area contributed by atoms with Gasteiger partial charge in [-0.3, -0.25) is 0 Å². The summed E-state index contributed by atoms with van der Waals surface area (Å²) in [4.78, 5) is 0. The molecule has 0 saturated heterocycles. The van der Waals surface area contributed by atoms with E-state index < -0.39 is 6.10 Å². The fraction of sp³-hybridized carbons (Fsp3) is 0.370. The van der Waals surface area contributed by atoms with Crippen LogP contribution < -0.4 is 0 Å². The van der Waals surface area contributed by atoms with E-state index in [-0.39, 0.29) is 11.2 Å². The van der Waals surface area contributed by atoms with Crippen molar-refractivity contribution in [3.8, 4) is 5.69 Å². The number of hydrogen-bond acceptors (Lipinski definition) is 2. The summed E-state index contributed by atoms with van der Waals surface area (Å²) >= 11 is 0. The van der Waals surface area contributed by atoms with E-state index in [9.17, 15) is 9.50 Å². The van der Waals surface area contributed by atoms with E-state index in [2.05, 4.69) is 48.9 Å². The molecule has 1 heterocycles. The molecule has 1 aromatic heterocycles. The summed E-state index contributed by atoms with van der Waals surface area (Å²) in [6.07, 6.45) is 8.76. The summed E-state index contributed by atoms with van der Waals surface area (Å²) < 4.78 is 15.3. The molecule has 3 atom stereocenters. The summed E-state index contributed by atoms with van der Waals surface area (Å²) in [5.74, 6) is 0.111. The second kappa shape index (κ2) is 7.76. The number of halogens is 1. The zero-order valence-corrected chi connectivity index (χ0v) is 18.2. The van der Waals surface area contributed by atoms with Crippen molar-refractivity contribution in [1.82, 2.24) is 9.78 Å². The molecule has 1 unspecified atom stereocenters. The standard InChI is InChI=1S/C27H29FN2O/c1-18-6-12-24(13-7-18)30-25-14-21-4-3-5-22(27(21,2)16-20(25)17-29-30)15-26(31)19-8-10-23(28)11-9-19/h6-14,17,22,26,31H,3-5,15-16H2,1-2H3/t22-,26-,27?/m1/s1. The fourth-order valence-corrected chi connectivity index (χ4v) is 5.50. The minimum Gasteiger partial charge on any atom is -0.388 e. The van der Waals surface area contributed by atoms with Gasteiger partial charge in [-0.05, 0) is 91.8 Å². The Bertz CT molecular complexity index is 1110. The first kappa shape index (κ1) is 20.2. The number of allylic oxidation sites excluding steroid dienone is 1. The van der Waals surface area contributed by atoms with E-state index in [4.69, 9.17) is 5.10 Å². The normalized spacial score (nSPS) is 23.6. The van der Waals surface area contributed by atoms with Gasteiger partial charge in [0.25, 0.3) is 0 Å². The summed E-state index contributed by atoms with van der Waals surface area (Å²) in [5.41, 5.74) is 7.08. The fourth-order valence-electron chi connectivity index (χ4n) is 5.50. The Kier molecular flexibility index (Phi) is 5.05. The lowest BCUT2D eigenvalue weighted by molar-refractivity contribution is 0.0833. The average Bonchev–Trinajstić information content (AvgIpc) is 3.16. The topological polar surface area (TPSA) is 38.0 Å². The molecular weight excluding hydrogens is 387 g/mol. The van der Waals surface area contributed by atoms with Crippen LogP contribution in [0.5, 0.6) is 0 Å². The molecule has 5 rings (SSSR count). The van der Waals surface area contributed by atoms with Crippen LogP contribution in [0.25, 0.3) is 11.8 Å². The highest BCUT2D eigenvalue weighted by Gasteiger charge is 2.43. The number of nitrogens with zero attached hydrogens (tertiary/aromatic N) is 2. The molecule has 0 spiro atoms. The zero-order valence-electron chi connectivity index (χ0n) is 18.2. The van der Waals surface area contributed by atoms with Crippen LogP contribution >= 0.6 is 0 Å². The van der Waals surface area contributed by atoms with Gasteiger partial charge in [0, 0.05) is 0 Å². The van der Waals surface area contributed by atoms with Crippen LogP contribution in [-0.4, -0.2) is 14.9 Å². The molecule has 0 amide bonds.